The van der Waals surface area contributed by atoms with E-state index in [0.29, 0.717) is 11.3 Å². The molecule has 5 nitrogen and oxygen atoms in total. The van der Waals surface area contributed by atoms with Crippen molar-refractivity contribution in [3.05, 3.63) is 83.6 Å². The first-order valence-electron chi connectivity index (χ1n) is 9.16. The van der Waals surface area contributed by atoms with Crippen LogP contribution in [0.5, 0.6) is 5.75 Å². The van der Waals surface area contributed by atoms with E-state index in [1.807, 2.05) is 36.6 Å². The minimum atomic E-state index is -0.354. The highest BCUT2D eigenvalue weighted by Crippen LogP contribution is 2.30. The van der Waals surface area contributed by atoms with Crippen molar-refractivity contribution in [2.24, 2.45) is 0 Å². The molecule has 1 N–H and O–H groups in total. The van der Waals surface area contributed by atoms with Crippen molar-refractivity contribution in [2.75, 3.05) is 12.4 Å². The highest BCUT2D eigenvalue weighted by atomic mass is 19.1. The Morgan fingerprint density at radius 3 is 2.34 bits per heavy atom. The number of hydrogen-bond donors (Lipinski definition) is 1. The number of methoxy groups -OCH3 is 1. The average Bonchev–Trinajstić information content (AvgIpc) is 3.13. The molecule has 0 spiro atoms. The van der Waals surface area contributed by atoms with Gasteiger partial charge in [-0.25, -0.2) is 9.37 Å². The zero-order valence-corrected chi connectivity index (χ0v) is 16.4. The number of nitrogens with zero attached hydrogens (tertiary/aromatic N) is 2. The Morgan fingerprint density at radius 1 is 1.00 bits per heavy atom. The van der Waals surface area contributed by atoms with Crippen LogP contribution < -0.4 is 10.1 Å². The molecule has 0 radical (unpaired) electrons. The van der Waals surface area contributed by atoms with Crippen LogP contribution in [0.25, 0.3) is 16.8 Å². The quantitative estimate of drug-likeness (QED) is 0.533. The van der Waals surface area contributed by atoms with Gasteiger partial charge in [-0.05, 0) is 84.6 Å². The summed E-state index contributed by atoms with van der Waals surface area (Å²) >= 11 is 0. The molecular formula is C23H20FN3O2. The third-order valence-corrected chi connectivity index (χ3v) is 4.78. The number of carbonyl (C=O) groups excluding carboxylic acids is 1. The fraction of sp³-hybridized carbons (Fsp3) is 0.130. The van der Waals surface area contributed by atoms with E-state index in [2.05, 4.69) is 22.4 Å². The molecular weight excluding hydrogens is 369 g/mol. The van der Waals surface area contributed by atoms with E-state index in [1.165, 1.54) is 24.3 Å². The molecule has 0 aliphatic carbocycles. The Kier molecular flexibility index (Phi) is 4.76. The first-order valence-corrected chi connectivity index (χ1v) is 9.16. The van der Waals surface area contributed by atoms with Gasteiger partial charge in [-0.2, -0.15) is 0 Å². The van der Waals surface area contributed by atoms with Gasteiger partial charge in [0.2, 0.25) is 0 Å². The predicted molar refractivity (Wildman–Crippen MR) is 111 cm³/mol. The normalized spacial score (nSPS) is 10.9. The molecule has 2 heterocycles. The summed E-state index contributed by atoms with van der Waals surface area (Å²) in [5.74, 6) is 0.183. The van der Waals surface area contributed by atoms with Crippen molar-refractivity contribution in [1.29, 1.82) is 0 Å². The molecule has 0 aliphatic rings. The average molecular weight is 389 g/mol. The molecule has 6 heteroatoms. The van der Waals surface area contributed by atoms with Crippen LogP contribution in [0.1, 0.15) is 21.6 Å². The summed E-state index contributed by atoms with van der Waals surface area (Å²) in [6.45, 7) is 4.03. The Morgan fingerprint density at radius 2 is 1.69 bits per heavy atom. The van der Waals surface area contributed by atoms with E-state index < -0.39 is 0 Å². The van der Waals surface area contributed by atoms with Gasteiger partial charge in [-0.1, -0.05) is 0 Å². The number of carbonyl (C=O) groups is 1. The van der Waals surface area contributed by atoms with Gasteiger partial charge in [0.15, 0.2) is 0 Å². The van der Waals surface area contributed by atoms with Crippen LogP contribution in [0, 0.1) is 19.7 Å². The van der Waals surface area contributed by atoms with E-state index in [4.69, 9.17) is 4.74 Å². The number of nitrogens with one attached hydrogen (secondary N) is 1. The van der Waals surface area contributed by atoms with Gasteiger partial charge < -0.3 is 14.5 Å². The van der Waals surface area contributed by atoms with Crippen LogP contribution in [-0.2, 0) is 0 Å². The number of fused-ring (bicyclic) bond motifs is 1. The van der Waals surface area contributed by atoms with Gasteiger partial charge >= 0.3 is 0 Å². The van der Waals surface area contributed by atoms with Crippen molar-refractivity contribution in [3.63, 3.8) is 0 Å². The van der Waals surface area contributed by atoms with Gasteiger partial charge in [0, 0.05) is 18.1 Å². The standard InChI is InChI=1S/C23H20FN3O2/c1-14-10-17(11-15(2)22(14)29-3)16-4-9-21-26-20(13-27(21)12-16)23(28)25-19-7-5-18(24)6-8-19/h4-13H,1-3H3,(H,25,28). The molecule has 0 aliphatic heterocycles. The maximum Gasteiger partial charge on any atom is 0.275 e. The number of imidazole rings is 1. The molecule has 0 bridgehead atoms. The molecule has 4 aromatic rings. The van der Waals surface area contributed by atoms with Crippen LogP contribution in [0.15, 0.2) is 60.9 Å². The highest BCUT2D eigenvalue weighted by Gasteiger charge is 2.13. The number of aryl methyl sites for hydroxylation is 2. The van der Waals surface area contributed by atoms with Crippen LogP contribution in [0.2, 0.25) is 0 Å². The van der Waals surface area contributed by atoms with Crippen molar-refractivity contribution >= 4 is 17.2 Å². The number of pyridine rings is 1. The number of anilines is 1. The molecule has 2 aromatic carbocycles. The van der Waals surface area contributed by atoms with Gasteiger partial charge in [-0.3, -0.25) is 4.79 Å². The van der Waals surface area contributed by atoms with Gasteiger partial charge in [0.25, 0.3) is 5.91 Å². The Labute approximate surface area is 167 Å². The molecule has 0 fully saturated rings. The molecule has 0 atom stereocenters. The summed E-state index contributed by atoms with van der Waals surface area (Å²) in [5, 5.41) is 2.72. The molecule has 1 amide bonds. The number of ether oxygens (including phenoxy) is 1. The fourth-order valence-corrected chi connectivity index (χ4v) is 3.44. The molecule has 0 saturated carbocycles. The van der Waals surface area contributed by atoms with Crippen molar-refractivity contribution < 1.29 is 13.9 Å². The van der Waals surface area contributed by atoms with Crippen molar-refractivity contribution in [2.45, 2.75) is 13.8 Å². The minimum absolute atomic E-state index is 0.286. The number of halogens is 1. The van der Waals surface area contributed by atoms with Crippen LogP contribution in [0.3, 0.4) is 0 Å². The van der Waals surface area contributed by atoms with Crippen LogP contribution in [0.4, 0.5) is 10.1 Å². The summed E-state index contributed by atoms with van der Waals surface area (Å²) in [4.78, 5) is 16.9. The van der Waals surface area contributed by atoms with E-state index in [1.54, 1.807) is 13.3 Å². The second-order valence-electron chi connectivity index (χ2n) is 6.91. The fourth-order valence-electron chi connectivity index (χ4n) is 3.44. The van der Waals surface area contributed by atoms with Gasteiger partial charge in [-0.15, -0.1) is 0 Å². The lowest BCUT2D eigenvalue weighted by Crippen LogP contribution is -2.12. The Hall–Kier alpha value is -3.67. The van der Waals surface area contributed by atoms with Gasteiger partial charge in [0.1, 0.15) is 22.9 Å². The smallest absolute Gasteiger partial charge is 0.275 e. The topological polar surface area (TPSA) is 55.6 Å². The largest absolute Gasteiger partial charge is 0.496 e. The first-order chi connectivity index (χ1) is 13.9. The number of amides is 1. The number of rotatable bonds is 4. The lowest BCUT2D eigenvalue weighted by atomic mass is 10.0. The number of hydrogen-bond acceptors (Lipinski definition) is 3. The lowest BCUT2D eigenvalue weighted by molar-refractivity contribution is 0.102. The third kappa shape index (κ3) is 3.69. The van der Waals surface area contributed by atoms with Crippen molar-refractivity contribution in [1.82, 2.24) is 9.38 Å². The summed E-state index contributed by atoms with van der Waals surface area (Å²) in [6, 6.07) is 13.6. The molecule has 146 valence electrons. The van der Waals surface area contributed by atoms with E-state index in [9.17, 15) is 9.18 Å². The zero-order chi connectivity index (χ0) is 20.5. The number of aromatic nitrogens is 2. The highest BCUT2D eigenvalue weighted by molar-refractivity contribution is 6.03. The summed E-state index contributed by atoms with van der Waals surface area (Å²) < 4.78 is 20.3. The van der Waals surface area contributed by atoms with E-state index in [0.717, 1.165) is 28.0 Å². The van der Waals surface area contributed by atoms with E-state index >= 15 is 0 Å². The van der Waals surface area contributed by atoms with Crippen molar-refractivity contribution in [3.8, 4) is 16.9 Å². The van der Waals surface area contributed by atoms with Crippen LogP contribution in [-0.4, -0.2) is 22.4 Å². The SMILES string of the molecule is COc1c(C)cc(-c2ccc3nc(C(=O)Nc4ccc(F)cc4)cn3c2)cc1C. The lowest BCUT2D eigenvalue weighted by Gasteiger charge is -2.11. The molecule has 4 rings (SSSR count). The second kappa shape index (κ2) is 7.39. The molecule has 0 saturated heterocycles. The first kappa shape index (κ1) is 18.7. The molecule has 29 heavy (non-hydrogen) atoms. The predicted octanol–water partition coefficient (Wildman–Crippen LogP) is 5.02. The van der Waals surface area contributed by atoms with Crippen LogP contribution >= 0.6 is 0 Å². The minimum Gasteiger partial charge on any atom is -0.496 e. The molecule has 2 aromatic heterocycles. The van der Waals surface area contributed by atoms with E-state index in [-0.39, 0.29) is 17.4 Å². The van der Waals surface area contributed by atoms with Gasteiger partial charge in [0.05, 0.1) is 7.11 Å². The summed E-state index contributed by atoms with van der Waals surface area (Å²) in [5.41, 5.74) is 5.66. The molecule has 0 unspecified atom stereocenters. The summed E-state index contributed by atoms with van der Waals surface area (Å²) in [7, 11) is 1.67. The Balaban J connectivity index is 1.64. The maximum atomic E-state index is 13.0. The summed E-state index contributed by atoms with van der Waals surface area (Å²) in [6.07, 6.45) is 3.62. The third-order valence-electron chi connectivity index (χ3n) is 4.78. The monoisotopic (exact) mass is 389 g/mol. The number of benzene rings is 2. The maximum absolute atomic E-state index is 13.0. The Bertz CT molecular complexity index is 1190. The zero-order valence-electron chi connectivity index (χ0n) is 16.4. The second-order valence-corrected chi connectivity index (χ2v) is 6.91.